The highest BCUT2D eigenvalue weighted by molar-refractivity contribution is 5.94. The zero-order chi connectivity index (χ0) is 28.8. The Labute approximate surface area is 201 Å². The van der Waals surface area contributed by atoms with Gasteiger partial charge in [0.25, 0.3) is 0 Å². The number of nitrogens with one attached hydrogen (secondary N) is 3. The zero-order valence-electron chi connectivity index (χ0n) is 19.1. The highest BCUT2D eigenvalue weighted by Crippen LogP contribution is 2.13. The maximum atomic E-state index is 12.3. The maximum absolute atomic E-state index is 12.3. The second kappa shape index (κ2) is 15.8. The minimum Gasteiger partial charge on any atom is -0.481 e. The molecular formula is C18H28F3N5O10. The van der Waals surface area contributed by atoms with E-state index in [0.29, 0.717) is 0 Å². The van der Waals surface area contributed by atoms with Gasteiger partial charge in [0.2, 0.25) is 23.6 Å². The molecule has 0 aliphatic heterocycles. The summed E-state index contributed by atoms with van der Waals surface area (Å²) < 4.78 is 31.7. The van der Waals surface area contributed by atoms with Crippen LogP contribution in [-0.4, -0.2) is 87.2 Å². The van der Waals surface area contributed by atoms with Gasteiger partial charge < -0.3 is 42.7 Å². The number of amides is 4. The first-order chi connectivity index (χ1) is 16.3. The summed E-state index contributed by atoms with van der Waals surface area (Å²) in [4.78, 5) is 77.8. The summed E-state index contributed by atoms with van der Waals surface area (Å²) in [5.74, 6) is -8.46. The third-order valence-electron chi connectivity index (χ3n) is 3.98. The van der Waals surface area contributed by atoms with Crippen molar-refractivity contribution in [3.8, 4) is 0 Å². The molecule has 0 saturated carbocycles. The molecular weight excluding hydrogens is 503 g/mol. The van der Waals surface area contributed by atoms with Crippen molar-refractivity contribution in [2.24, 2.45) is 11.5 Å². The fourth-order valence-electron chi connectivity index (χ4n) is 2.06. The van der Waals surface area contributed by atoms with E-state index in [2.05, 4.69) is 16.0 Å². The van der Waals surface area contributed by atoms with Crippen LogP contribution in [0, 0.1) is 0 Å². The van der Waals surface area contributed by atoms with Crippen molar-refractivity contribution in [3.05, 3.63) is 0 Å². The molecule has 0 aromatic heterocycles. The third-order valence-corrected chi connectivity index (χ3v) is 3.98. The molecule has 36 heavy (non-hydrogen) atoms. The Morgan fingerprint density at radius 2 is 1.22 bits per heavy atom. The molecule has 10 N–H and O–H groups in total. The van der Waals surface area contributed by atoms with Gasteiger partial charge in [-0.1, -0.05) is 0 Å². The van der Waals surface area contributed by atoms with Crippen molar-refractivity contribution in [1.82, 2.24) is 16.0 Å². The molecule has 0 rings (SSSR count). The van der Waals surface area contributed by atoms with Gasteiger partial charge in [-0.3, -0.25) is 24.0 Å². The van der Waals surface area contributed by atoms with Crippen molar-refractivity contribution in [2.45, 2.75) is 69.9 Å². The smallest absolute Gasteiger partial charge is 0.481 e. The number of aliphatic carboxylic acids is 3. The van der Waals surface area contributed by atoms with Gasteiger partial charge in [-0.25, -0.2) is 9.59 Å². The molecule has 0 heterocycles. The molecule has 0 spiro atoms. The highest BCUT2D eigenvalue weighted by atomic mass is 19.4. The number of nitrogens with two attached hydrogens (primary N) is 2. The van der Waals surface area contributed by atoms with E-state index in [-0.39, 0.29) is 19.3 Å². The lowest BCUT2D eigenvalue weighted by Gasteiger charge is -2.22. The van der Waals surface area contributed by atoms with Crippen LogP contribution >= 0.6 is 0 Å². The van der Waals surface area contributed by atoms with Gasteiger partial charge in [0.15, 0.2) is 0 Å². The second-order valence-corrected chi connectivity index (χ2v) is 7.22. The van der Waals surface area contributed by atoms with Crippen molar-refractivity contribution in [1.29, 1.82) is 0 Å². The summed E-state index contributed by atoms with van der Waals surface area (Å²) >= 11 is 0. The minimum absolute atomic E-state index is 0.233. The van der Waals surface area contributed by atoms with Crippen LogP contribution in [0.2, 0.25) is 0 Å². The van der Waals surface area contributed by atoms with E-state index in [1.54, 1.807) is 0 Å². The number of carbonyl (C=O) groups excluding carboxylic acids is 4. The van der Waals surface area contributed by atoms with E-state index in [1.165, 1.54) is 13.8 Å². The summed E-state index contributed by atoms with van der Waals surface area (Å²) in [6.07, 6.45) is -6.25. The fraction of sp³-hybridized carbons (Fsp3) is 0.611. The number of carboxylic acids is 3. The van der Waals surface area contributed by atoms with E-state index in [0.717, 1.165) is 0 Å². The Balaban J connectivity index is 0. The van der Waals surface area contributed by atoms with Gasteiger partial charge in [-0.15, -0.1) is 0 Å². The van der Waals surface area contributed by atoms with E-state index in [1.807, 2.05) is 0 Å². The molecule has 0 fully saturated rings. The topological polar surface area (TPSA) is 268 Å². The van der Waals surface area contributed by atoms with Gasteiger partial charge in [0, 0.05) is 12.8 Å². The van der Waals surface area contributed by atoms with E-state index >= 15 is 0 Å². The molecule has 0 aliphatic rings. The number of hydrogen-bond donors (Lipinski definition) is 8. The van der Waals surface area contributed by atoms with Crippen molar-refractivity contribution in [3.63, 3.8) is 0 Å². The lowest BCUT2D eigenvalue weighted by molar-refractivity contribution is -0.192. The van der Waals surface area contributed by atoms with E-state index in [9.17, 15) is 41.9 Å². The summed E-state index contributed by atoms with van der Waals surface area (Å²) in [5.41, 5.74) is 10.4. The van der Waals surface area contributed by atoms with Crippen LogP contribution in [0.3, 0.4) is 0 Å². The average Bonchev–Trinajstić information content (AvgIpc) is 2.72. The Hall–Kier alpha value is -3.96. The van der Waals surface area contributed by atoms with Crippen LogP contribution < -0.4 is 27.4 Å². The number of rotatable bonds is 13. The molecule has 0 saturated heterocycles. The minimum atomic E-state index is -5.08. The third kappa shape index (κ3) is 15.8. The Kier molecular flexibility index (Phi) is 15.1. The van der Waals surface area contributed by atoms with Crippen LogP contribution in [0.4, 0.5) is 13.2 Å². The first-order valence-corrected chi connectivity index (χ1v) is 9.99. The van der Waals surface area contributed by atoms with E-state index in [4.69, 9.17) is 31.6 Å². The van der Waals surface area contributed by atoms with E-state index < -0.39 is 78.3 Å². The molecule has 0 aromatic carbocycles. The molecule has 0 aliphatic carbocycles. The number of halogens is 3. The predicted octanol–water partition coefficient (Wildman–Crippen LogP) is -2.34. The maximum Gasteiger partial charge on any atom is 0.490 e. The molecule has 15 nitrogen and oxygen atoms in total. The summed E-state index contributed by atoms with van der Waals surface area (Å²) in [6, 6.07) is -4.81. The SMILES string of the molecule is C[C@H](N)C(=O)N[C@@H](CCC(=O)O)C(=O)N[C@@H](C)C(=O)N[C@@H](CCC(N)=O)C(=O)O.O=C(O)C(F)(F)F. The molecule has 0 bridgehead atoms. The number of carboxylic acid groups (broad SMARTS) is 3. The quantitative estimate of drug-likeness (QED) is 0.125. The van der Waals surface area contributed by atoms with Crippen LogP contribution in [0.15, 0.2) is 0 Å². The first kappa shape index (κ1) is 34.2. The van der Waals surface area contributed by atoms with Crippen LogP contribution in [0.25, 0.3) is 0 Å². The Morgan fingerprint density at radius 1 is 0.778 bits per heavy atom. The summed E-state index contributed by atoms with van der Waals surface area (Å²) in [5, 5.41) is 31.7. The molecule has 0 radical (unpaired) electrons. The average molecular weight is 531 g/mol. The van der Waals surface area contributed by atoms with Crippen LogP contribution in [-0.2, 0) is 33.6 Å². The lowest BCUT2D eigenvalue weighted by Crippen LogP contribution is -2.56. The number of primary amides is 1. The lowest BCUT2D eigenvalue weighted by atomic mass is 10.1. The monoisotopic (exact) mass is 531 g/mol. The van der Waals surface area contributed by atoms with Gasteiger partial charge in [-0.05, 0) is 26.7 Å². The molecule has 0 aromatic rings. The van der Waals surface area contributed by atoms with Crippen molar-refractivity contribution in [2.75, 3.05) is 0 Å². The first-order valence-electron chi connectivity index (χ1n) is 9.99. The second-order valence-electron chi connectivity index (χ2n) is 7.22. The van der Waals surface area contributed by atoms with Crippen LogP contribution in [0.1, 0.15) is 39.5 Å². The largest absolute Gasteiger partial charge is 0.490 e. The number of alkyl halides is 3. The molecule has 0 unspecified atom stereocenters. The number of hydrogen-bond acceptors (Lipinski definition) is 8. The Bertz CT molecular complexity index is 835. The van der Waals surface area contributed by atoms with Gasteiger partial charge >= 0.3 is 24.1 Å². The molecule has 18 heteroatoms. The van der Waals surface area contributed by atoms with Crippen molar-refractivity contribution < 1.29 is 62.1 Å². The predicted molar refractivity (Wildman–Crippen MR) is 112 cm³/mol. The van der Waals surface area contributed by atoms with Gasteiger partial charge in [-0.2, -0.15) is 13.2 Å². The molecule has 206 valence electrons. The Morgan fingerprint density at radius 3 is 1.58 bits per heavy atom. The number of carbonyl (C=O) groups is 7. The fourth-order valence-corrected chi connectivity index (χ4v) is 2.06. The normalized spacial score (nSPS) is 13.9. The summed E-state index contributed by atoms with van der Waals surface area (Å²) in [7, 11) is 0. The van der Waals surface area contributed by atoms with Crippen LogP contribution in [0.5, 0.6) is 0 Å². The van der Waals surface area contributed by atoms with Crippen molar-refractivity contribution >= 4 is 41.5 Å². The molecule has 4 atom stereocenters. The van der Waals surface area contributed by atoms with Gasteiger partial charge in [0.1, 0.15) is 18.1 Å². The zero-order valence-corrected chi connectivity index (χ0v) is 19.1. The van der Waals surface area contributed by atoms with Gasteiger partial charge in [0.05, 0.1) is 6.04 Å². The highest BCUT2D eigenvalue weighted by Gasteiger charge is 2.38. The standard InChI is InChI=1S/C16H27N5O8.C2HF3O2/c1-7(17)13(25)20-9(4-6-12(23)24)15(27)19-8(2)14(26)21-10(16(28)29)3-5-11(18)22;3-2(4,5)1(6)7/h7-10H,3-6,17H2,1-2H3,(H2,18,22)(H,19,27)(H,20,25)(H,21,26)(H,23,24)(H,28,29);(H,6,7)/t7-,8-,9-,10-;/m0./s1. The summed E-state index contributed by atoms with van der Waals surface area (Å²) in [6.45, 7) is 2.64. The molecule has 4 amide bonds.